The maximum absolute atomic E-state index is 13.1. The summed E-state index contributed by atoms with van der Waals surface area (Å²) in [6, 6.07) is 6.98. The van der Waals surface area contributed by atoms with Gasteiger partial charge < -0.3 is 5.32 Å². The lowest BCUT2D eigenvalue weighted by Crippen LogP contribution is -2.39. The van der Waals surface area contributed by atoms with Crippen molar-refractivity contribution in [3.8, 4) is 0 Å². The number of nitrogens with one attached hydrogen (secondary N) is 1. The SMILES string of the molecule is Cc1ccc(Cl)c(NC(=O)CN2C(=O)[C@@H](C)N(c3ccc(F)cc3)C2=O)c1Cl. The van der Waals surface area contributed by atoms with Crippen LogP contribution in [-0.2, 0) is 9.59 Å². The summed E-state index contributed by atoms with van der Waals surface area (Å²) >= 11 is 12.2. The standard InChI is InChI=1S/C19H16Cl2FN3O3/c1-10-3-8-14(20)17(16(10)21)23-15(26)9-24-18(27)11(2)25(19(24)28)13-6-4-12(22)5-7-13/h3-8,11H,9H2,1-2H3,(H,23,26)/t11-/m1/s1. The Kier molecular flexibility index (Phi) is 5.58. The minimum absolute atomic E-state index is 0.218. The van der Waals surface area contributed by atoms with Crippen molar-refractivity contribution in [2.24, 2.45) is 0 Å². The quantitative estimate of drug-likeness (QED) is 0.747. The number of hydrogen-bond acceptors (Lipinski definition) is 3. The highest BCUT2D eigenvalue weighted by Crippen LogP contribution is 2.33. The molecule has 0 saturated carbocycles. The number of aryl methyl sites for hydroxylation is 1. The summed E-state index contributed by atoms with van der Waals surface area (Å²) in [6.07, 6.45) is 0. The van der Waals surface area contributed by atoms with Gasteiger partial charge in [-0.05, 0) is 49.7 Å². The second kappa shape index (κ2) is 7.77. The van der Waals surface area contributed by atoms with Crippen molar-refractivity contribution < 1.29 is 18.8 Å². The van der Waals surface area contributed by atoms with Gasteiger partial charge in [0.15, 0.2) is 0 Å². The second-order valence-electron chi connectivity index (χ2n) is 6.33. The first-order valence-electron chi connectivity index (χ1n) is 8.35. The van der Waals surface area contributed by atoms with Gasteiger partial charge >= 0.3 is 6.03 Å². The first-order valence-corrected chi connectivity index (χ1v) is 9.11. The molecule has 1 N–H and O–H groups in total. The number of anilines is 2. The van der Waals surface area contributed by atoms with Crippen molar-refractivity contribution in [3.05, 3.63) is 57.8 Å². The van der Waals surface area contributed by atoms with E-state index in [1.54, 1.807) is 19.1 Å². The van der Waals surface area contributed by atoms with Crippen molar-refractivity contribution in [2.75, 3.05) is 16.8 Å². The van der Waals surface area contributed by atoms with Crippen LogP contribution in [0.4, 0.5) is 20.6 Å². The number of imide groups is 1. The third-order valence-corrected chi connectivity index (χ3v) is 5.20. The van der Waals surface area contributed by atoms with Crippen LogP contribution < -0.4 is 10.2 Å². The van der Waals surface area contributed by atoms with Gasteiger partial charge in [-0.2, -0.15) is 0 Å². The Morgan fingerprint density at radius 1 is 1.14 bits per heavy atom. The predicted octanol–water partition coefficient (Wildman–Crippen LogP) is 4.24. The predicted molar refractivity (Wildman–Crippen MR) is 105 cm³/mol. The molecular weight excluding hydrogens is 408 g/mol. The second-order valence-corrected chi connectivity index (χ2v) is 7.12. The van der Waals surface area contributed by atoms with Crippen LogP contribution in [0.25, 0.3) is 0 Å². The average molecular weight is 424 g/mol. The zero-order chi connectivity index (χ0) is 20.6. The highest BCUT2D eigenvalue weighted by Gasteiger charge is 2.44. The molecule has 0 radical (unpaired) electrons. The number of benzene rings is 2. The van der Waals surface area contributed by atoms with Crippen LogP contribution >= 0.6 is 23.2 Å². The van der Waals surface area contributed by atoms with E-state index in [0.29, 0.717) is 11.3 Å². The molecule has 9 heteroatoms. The zero-order valence-electron chi connectivity index (χ0n) is 15.0. The zero-order valence-corrected chi connectivity index (χ0v) is 16.5. The molecule has 1 atom stereocenters. The number of amides is 4. The molecule has 0 bridgehead atoms. The Hall–Kier alpha value is -2.64. The molecular formula is C19H16Cl2FN3O3. The van der Waals surface area contributed by atoms with Gasteiger partial charge in [0.25, 0.3) is 5.91 Å². The van der Waals surface area contributed by atoms with Crippen LogP contribution in [0.2, 0.25) is 10.0 Å². The molecule has 1 saturated heterocycles. The lowest BCUT2D eigenvalue weighted by atomic mass is 10.2. The molecule has 3 rings (SSSR count). The third kappa shape index (κ3) is 3.68. The summed E-state index contributed by atoms with van der Waals surface area (Å²) in [5.74, 6) is -1.62. The van der Waals surface area contributed by atoms with Gasteiger partial charge in [0.05, 0.1) is 15.7 Å². The fourth-order valence-corrected chi connectivity index (χ4v) is 3.37. The number of hydrogen-bond donors (Lipinski definition) is 1. The van der Waals surface area contributed by atoms with E-state index in [1.807, 2.05) is 0 Å². The fourth-order valence-electron chi connectivity index (χ4n) is 2.90. The van der Waals surface area contributed by atoms with E-state index >= 15 is 0 Å². The first kappa shape index (κ1) is 20.1. The number of nitrogens with zero attached hydrogens (tertiary/aromatic N) is 2. The summed E-state index contributed by atoms with van der Waals surface area (Å²) in [5, 5.41) is 3.07. The van der Waals surface area contributed by atoms with Crippen molar-refractivity contribution in [2.45, 2.75) is 19.9 Å². The molecule has 1 heterocycles. The maximum atomic E-state index is 13.1. The Morgan fingerprint density at radius 2 is 1.79 bits per heavy atom. The van der Waals surface area contributed by atoms with Gasteiger partial charge in [0.2, 0.25) is 5.91 Å². The van der Waals surface area contributed by atoms with E-state index in [4.69, 9.17) is 23.2 Å². The summed E-state index contributed by atoms with van der Waals surface area (Å²) in [6.45, 7) is 2.79. The topological polar surface area (TPSA) is 69.7 Å². The van der Waals surface area contributed by atoms with E-state index in [-0.39, 0.29) is 15.7 Å². The van der Waals surface area contributed by atoms with Gasteiger partial charge in [-0.15, -0.1) is 0 Å². The third-order valence-electron chi connectivity index (χ3n) is 4.40. The average Bonchev–Trinajstić information content (AvgIpc) is 2.86. The first-order chi connectivity index (χ1) is 13.2. The van der Waals surface area contributed by atoms with Gasteiger partial charge in [0.1, 0.15) is 18.4 Å². The lowest BCUT2D eigenvalue weighted by Gasteiger charge is -2.19. The monoisotopic (exact) mass is 423 g/mol. The molecule has 6 nitrogen and oxygen atoms in total. The van der Waals surface area contributed by atoms with E-state index in [0.717, 1.165) is 4.90 Å². The van der Waals surface area contributed by atoms with E-state index < -0.39 is 36.2 Å². The van der Waals surface area contributed by atoms with Crippen LogP contribution in [0.15, 0.2) is 36.4 Å². The van der Waals surface area contributed by atoms with E-state index in [2.05, 4.69) is 5.32 Å². The number of urea groups is 1. The highest BCUT2D eigenvalue weighted by atomic mass is 35.5. The summed E-state index contributed by atoms with van der Waals surface area (Å²) in [4.78, 5) is 39.7. The van der Waals surface area contributed by atoms with Crippen LogP contribution in [-0.4, -0.2) is 35.3 Å². The van der Waals surface area contributed by atoms with E-state index in [9.17, 15) is 18.8 Å². The Labute approximate surface area is 170 Å². The molecule has 28 heavy (non-hydrogen) atoms. The van der Waals surface area contributed by atoms with Gasteiger partial charge in [0, 0.05) is 5.69 Å². The molecule has 0 aromatic heterocycles. The molecule has 2 aromatic rings. The smallest absolute Gasteiger partial charge is 0.322 e. The van der Waals surface area contributed by atoms with Crippen molar-refractivity contribution in [1.29, 1.82) is 0 Å². The number of rotatable bonds is 4. The summed E-state index contributed by atoms with van der Waals surface area (Å²) in [7, 11) is 0. The Balaban J connectivity index is 1.78. The number of halogens is 3. The van der Waals surface area contributed by atoms with Crippen LogP contribution in [0.3, 0.4) is 0 Å². The van der Waals surface area contributed by atoms with Gasteiger partial charge in [-0.25, -0.2) is 9.18 Å². The maximum Gasteiger partial charge on any atom is 0.332 e. The molecule has 0 spiro atoms. The fraction of sp³-hybridized carbons (Fsp3) is 0.211. The van der Waals surface area contributed by atoms with Crippen LogP contribution in [0.1, 0.15) is 12.5 Å². The molecule has 1 aliphatic rings. The largest absolute Gasteiger partial charge is 0.332 e. The van der Waals surface area contributed by atoms with Crippen molar-refractivity contribution >= 4 is 52.4 Å². The summed E-state index contributed by atoms with van der Waals surface area (Å²) in [5.41, 5.74) is 1.29. The summed E-state index contributed by atoms with van der Waals surface area (Å²) < 4.78 is 13.1. The lowest BCUT2D eigenvalue weighted by molar-refractivity contribution is -0.130. The molecule has 146 valence electrons. The molecule has 4 amide bonds. The molecule has 1 fully saturated rings. The minimum atomic E-state index is -0.822. The highest BCUT2D eigenvalue weighted by molar-refractivity contribution is 6.40. The number of carbonyl (C=O) groups is 3. The van der Waals surface area contributed by atoms with Crippen LogP contribution in [0.5, 0.6) is 0 Å². The minimum Gasteiger partial charge on any atom is -0.322 e. The Morgan fingerprint density at radius 3 is 2.43 bits per heavy atom. The Bertz CT molecular complexity index is 966. The molecule has 2 aromatic carbocycles. The molecule has 0 aliphatic carbocycles. The number of carbonyl (C=O) groups excluding carboxylic acids is 3. The van der Waals surface area contributed by atoms with E-state index in [1.165, 1.54) is 36.1 Å². The normalized spacial score (nSPS) is 16.7. The van der Waals surface area contributed by atoms with Crippen LogP contribution in [0, 0.1) is 12.7 Å². The molecule has 1 aliphatic heterocycles. The van der Waals surface area contributed by atoms with Crippen molar-refractivity contribution in [3.63, 3.8) is 0 Å². The van der Waals surface area contributed by atoms with Gasteiger partial charge in [-0.1, -0.05) is 29.3 Å². The van der Waals surface area contributed by atoms with Crippen molar-refractivity contribution in [1.82, 2.24) is 4.90 Å². The van der Waals surface area contributed by atoms with Gasteiger partial charge in [-0.3, -0.25) is 19.4 Å². The molecule has 0 unspecified atom stereocenters.